The third-order valence-corrected chi connectivity index (χ3v) is 15.5. The SMILES string of the molecule is CC(C)c1cc(-c2ccc([Si](C)(C)C)cc2)cc(C(C)C)c1-c1ccnc(-c2[c-]cccc2)c1.[2H]C([2H])(c1ccnc(-c2[c-]ccc3c2oc2cc([Si](C)(C)C)ccc23)c1)C(C)(C)C.[Ir]. The molecule has 0 bridgehead atoms. The largest absolute Gasteiger partial charge is 0.501 e. The fraction of sp³-hybridized carbons (Fsp3) is 0.298. The van der Waals surface area contributed by atoms with Crippen LogP contribution in [0.2, 0.25) is 39.3 Å². The Labute approximate surface area is 396 Å². The number of hydrogen-bond donors (Lipinski definition) is 0. The number of nitrogens with zero attached hydrogens (tertiary/aromatic N) is 2. The molecule has 0 aliphatic rings. The molecule has 0 aliphatic heterocycles. The van der Waals surface area contributed by atoms with Crippen LogP contribution in [0.3, 0.4) is 0 Å². The molecule has 0 N–H and O–H groups in total. The normalized spacial score (nSPS) is 12.8. The van der Waals surface area contributed by atoms with Gasteiger partial charge < -0.3 is 14.4 Å². The van der Waals surface area contributed by atoms with Crippen LogP contribution in [0.1, 0.15) is 79.7 Å². The molecule has 63 heavy (non-hydrogen) atoms. The molecule has 0 spiro atoms. The summed E-state index contributed by atoms with van der Waals surface area (Å²) in [5, 5.41) is 4.98. The molecule has 3 nitrogen and oxygen atoms in total. The first kappa shape index (κ1) is 44.9. The van der Waals surface area contributed by atoms with Gasteiger partial charge in [0, 0.05) is 40.6 Å². The standard InChI is InChI=1S/C32H36NSi.C25H28NOSi.Ir/c1-22(2)29-19-27(24-13-15-28(16-14-24)34(5,6)7)20-30(23(3)4)32(29)26-17-18-33-31(21-26)25-11-9-8-10-12-25;1-25(2,3)16-17-12-13-26-22(14-17)21-9-7-8-20-19-11-10-18(28(4,5)6)15-23(19)27-24(20)21;/h8-11,13-23H,1-7H3;7-8,10-15H,16H2,1-6H3;/q2*-1;/i;16D2;. The van der Waals surface area contributed by atoms with Crippen molar-refractivity contribution in [2.24, 2.45) is 5.41 Å². The van der Waals surface area contributed by atoms with Crippen molar-refractivity contribution < 1.29 is 27.3 Å². The van der Waals surface area contributed by atoms with E-state index in [2.05, 4.69) is 162 Å². The minimum atomic E-state index is -1.49. The quantitative estimate of drug-likeness (QED) is 0.107. The van der Waals surface area contributed by atoms with Crippen molar-refractivity contribution >= 4 is 48.5 Å². The van der Waals surface area contributed by atoms with E-state index in [1.54, 1.807) is 12.3 Å². The molecule has 0 fully saturated rings. The van der Waals surface area contributed by atoms with E-state index in [0.717, 1.165) is 38.8 Å². The molecule has 8 rings (SSSR count). The van der Waals surface area contributed by atoms with Crippen LogP contribution in [0, 0.1) is 17.5 Å². The van der Waals surface area contributed by atoms with Gasteiger partial charge in [-0.2, -0.15) is 0 Å². The van der Waals surface area contributed by atoms with Gasteiger partial charge in [0.1, 0.15) is 5.58 Å². The summed E-state index contributed by atoms with van der Waals surface area (Å²) >= 11 is 0. The molecule has 0 amide bonds. The second-order valence-electron chi connectivity index (χ2n) is 20.3. The van der Waals surface area contributed by atoms with E-state index in [4.69, 9.17) is 7.16 Å². The van der Waals surface area contributed by atoms with E-state index < -0.39 is 27.9 Å². The zero-order valence-electron chi connectivity index (χ0n) is 41.4. The van der Waals surface area contributed by atoms with Crippen molar-refractivity contribution in [3.05, 3.63) is 156 Å². The van der Waals surface area contributed by atoms with Gasteiger partial charge >= 0.3 is 0 Å². The average Bonchev–Trinajstić information content (AvgIpc) is 3.64. The molecule has 0 unspecified atom stereocenters. The molecule has 0 saturated heterocycles. The van der Waals surface area contributed by atoms with Crippen molar-refractivity contribution in [1.29, 1.82) is 0 Å². The minimum Gasteiger partial charge on any atom is -0.501 e. The van der Waals surface area contributed by atoms with Crippen LogP contribution < -0.4 is 10.4 Å². The topological polar surface area (TPSA) is 38.9 Å². The number of fused-ring (bicyclic) bond motifs is 3. The maximum Gasteiger partial charge on any atom is 0.120 e. The van der Waals surface area contributed by atoms with Crippen molar-refractivity contribution in [2.45, 2.75) is 106 Å². The van der Waals surface area contributed by atoms with Gasteiger partial charge in [0.2, 0.25) is 0 Å². The van der Waals surface area contributed by atoms with Gasteiger partial charge in [-0.3, -0.25) is 0 Å². The third-order valence-electron chi connectivity index (χ3n) is 11.4. The number of furan rings is 1. The first-order valence-electron chi connectivity index (χ1n) is 23.1. The van der Waals surface area contributed by atoms with Crippen LogP contribution in [0.15, 0.2) is 132 Å². The number of hydrogen-bond acceptors (Lipinski definition) is 3. The first-order valence-corrected chi connectivity index (χ1v) is 29.1. The molecular weight excluding hydrogens is 977 g/mol. The second kappa shape index (κ2) is 19.2. The molecule has 3 aromatic heterocycles. The summed E-state index contributed by atoms with van der Waals surface area (Å²) < 4.78 is 23.6. The van der Waals surface area contributed by atoms with Crippen molar-refractivity contribution in [3.63, 3.8) is 0 Å². The smallest absolute Gasteiger partial charge is 0.120 e. The van der Waals surface area contributed by atoms with Crippen molar-refractivity contribution in [3.8, 4) is 44.8 Å². The first-order chi connectivity index (χ1) is 30.0. The molecule has 8 aromatic rings. The average molecular weight is 1040 g/mol. The molecule has 327 valence electrons. The summed E-state index contributed by atoms with van der Waals surface area (Å²) in [6, 6.07) is 47.2. The zero-order chi connectivity index (χ0) is 46.4. The fourth-order valence-electron chi connectivity index (χ4n) is 8.02. The Hall–Kier alpha value is -4.72. The van der Waals surface area contributed by atoms with Crippen LogP contribution in [-0.2, 0) is 26.5 Å². The molecular formula is C57H64IrN2OSi2-2. The van der Waals surface area contributed by atoms with Crippen LogP contribution in [0.25, 0.3) is 66.7 Å². The van der Waals surface area contributed by atoms with Crippen LogP contribution in [-0.4, -0.2) is 26.1 Å². The zero-order valence-corrected chi connectivity index (χ0v) is 43.8. The van der Waals surface area contributed by atoms with E-state index in [1.165, 1.54) is 43.8 Å². The van der Waals surface area contributed by atoms with Gasteiger partial charge in [-0.1, -0.05) is 175 Å². The maximum atomic E-state index is 8.62. The summed E-state index contributed by atoms with van der Waals surface area (Å²) in [7, 11) is -2.75. The van der Waals surface area contributed by atoms with Crippen molar-refractivity contribution in [1.82, 2.24) is 9.97 Å². The predicted octanol–water partition coefficient (Wildman–Crippen LogP) is 15.3. The summed E-state index contributed by atoms with van der Waals surface area (Å²) in [4.78, 5) is 9.18. The molecule has 0 saturated carbocycles. The van der Waals surface area contributed by atoms with Crippen LogP contribution >= 0.6 is 0 Å². The number of rotatable bonds is 9. The Morgan fingerprint density at radius 1 is 0.619 bits per heavy atom. The van der Waals surface area contributed by atoms with Gasteiger partial charge in [-0.15, -0.1) is 54.1 Å². The van der Waals surface area contributed by atoms with E-state index in [1.807, 2.05) is 63.4 Å². The van der Waals surface area contributed by atoms with Crippen molar-refractivity contribution in [2.75, 3.05) is 0 Å². The molecule has 1 radical (unpaired) electrons. The Kier molecular flexibility index (Phi) is 13.7. The number of pyridine rings is 2. The number of benzene rings is 5. The van der Waals surface area contributed by atoms with Gasteiger partial charge in [0.25, 0.3) is 0 Å². The van der Waals surface area contributed by atoms with Gasteiger partial charge in [-0.05, 0) is 86.6 Å². The summed E-state index contributed by atoms with van der Waals surface area (Å²) in [6.07, 6.45) is 2.12. The van der Waals surface area contributed by atoms with Crippen LogP contribution in [0.4, 0.5) is 0 Å². The summed E-state index contributed by atoms with van der Waals surface area (Å²) in [5.74, 6) is 0.821. The Balaban J connectivity index is 0.000000214. The molecule has 0 aliphatic carbocycles. The minimum absolute atomic E-state index is 0. The van der Waals surface area contributed by atoms with Gasteiger partial charge in [0.05, 0.1) is 21.7 Å². The Morgan fingerprint density at radius 2 is 1.25 bits per heavy atom. The maximum absolute atomic E-state index is 8.62. The van der Waals surface area contributed by atoms with Gasteiger partial charge in [-0.25, -0.2) is 0 Å². The molecule has 3 heterocycles. The monoisotopic (exact) mass is 1040 g/mol. The van der Waals surface area contributed by atoms with Crippen LogP contribution in [0.5, 0.6) is 0 Å². The fourth-order valence-corrected chi connectivity index (χ4v) is 10.3. The third kappa shape index (κ3) is 11.2. The Bertz CT molecular complexity index is 2890. The Morgan fingerprint density at radius 3 is 1.86 bits per heavy atom. The van der Waals surface area contributed by atoms with Gasteiger partial charge in [0.15, 0.2) is 0 Å². The number of aromatic nitrogens is 2. The molecule has 6 heteroatoms. The predicted molar refractivity (Wildman–Crippen MR) is 272 cm³/mol. The van der Waals surface area contributed by atoms with E-state index >= 15 is 0 Å². The second-order valence-corrected chi connectivity index (χ2v) is 30.5. The summed E-state index contributed by atoms with van der Waals surface area (Å²) in [6.45, 7) is 29.1. The molecule has 0 atom stereocenters. The molecule has 5 aromatic carbocycles. The van der Waals surface area contributed by atoms with E-state index in [9.17, 15) is 0 Å². The van der Waals surface area contributed by atoms with E-state index in [-0.39, 0.29) is 20.1 Å². The van der Waals surface area contributed by atoms with E-state index in [0.29, 0.717) is 23.1 Å². The summed E-state index contributed by atoms with van der Waals surface area (Å²) in [5.41, 5.74) is 13.1.